The van der Waals surface area contributed by atoms with Crippen LogP contribution in [0.25, 0.3) is 0 Å². The molecule has 0 atom stereocenters. The first-order valence-corrected chi connectivity index (χ1v) is 7.71. The van der Waals surface area contributed by atoms with Crippen molar-refractivity contribution in [2.75, 3.05) is 13.1 Å². The monoisotopic (exact) mass is 261 g/mol. The third-order valence-corrected chi connectivity index (χ3v) is 3.68. The van der Waals surface area contributed by atoms with Crippen LogP contribution in [0.2, 0.25) is 0 Å². The first-order valence-electron chi connectivity index (χ1n) is 7.71. The molecule has 0 spiro atoms. The molecular formula is C18H31N. The molecule has 1 aromatic rings. The van der Waals surface area contributed by atoms with Gasteiger partial charge in [-0.3, -0.25) is 0 Å². The minimum Gasteiger partial charge on any atom is -0.316 e. The Bertz CT molecular complexity index is 348. The Morgan fingerprint density at radius 2 is 1.63 bits per heavy atom. The van der Waals surface area contributed by atoms with E-state index in [9.17, 15) is 0 Å². The van der Waals surface area contributed by atoms with E-state index >= 15 is 0 Å². The highest BCUT2D eigenvalue weighted by Crippen LogP contribution is 2.22. The van der Waals surface area contributed by atoms with Gasteiger partial charge in [-0.05, 0) is 48.3 Å². The standard InChI is InChI=1S/C18H31N/c1-6-16-7-9-17(10-8-16)11-12-18(4,5)14-19-13-15(2)3/h7-10,15,19H,6,11-14H2,1-5H3. The molecule has 1 N–H and O–H groups in total. The van der Waals surface area contributed by atoms with E-state index in [1.54, 1.807) is 0 Å². The molecular weight excluding hydrogens is 230 g/mol. The average Bonchev–Trinajstić information content (AvgIpc) is 2.36. The van der Waals surface area contributed by atoms with Crippen molar-refractivity contribution in [3.63, 3.8) is 0 Å². The summed E-state index contributed by atoms with van der Waals surface area (Å²) in [6.45, 7) is 13.7. The molecule has 0 aliphatic heterocycles. The third-order valence-electron chi connectivity index (χ3n) is 3.68. The highest BCUT2D eigenvalue weighted by molar-refractivity contribution is 5.22. The first-order chi connectivity index (χ1) is 8.93. The smallest absolute Gasteiger partial charge is 0.000274 e. The minimum atomic E-state index is 0.373. The van der Waals surface area contributed by atoms with Crippen LogP contribution in [0.1, 0.15) is 52.2 Å². The van der Waals surface area contributed by atoms with Crippen molar-refractivity contribution in [1.29, 1.82) is 0 Å². The van der Waals surface area contributed by atoms with Crippen LogP contribution >= 0.6 is 0 Å². The Hall–Kier alpha value is -0.820. The zero-order valence-corrected chi connectivity index (χ0v) is 13.4. The number of hydrogen-bond donors (Lipinski definition) is 1. The number of benzene rings is 1. The number of rotatable bonds is 8. The maximum absolute atomic E-state index is 3.58. The van der Waals surface area contributed by atoms with Gasteiger partial charge in [0.25, 0.3) is 0 Å². The van der Waals surface area contributed by atoms with E-state index in [1.165, 1.54) is 24.0 Å². The Morgan fingerprint density at radius 3 is 2.16 bits per heavy atom. The van der Waals surface area contributed by atoms with Crippen molar-refractivity contribution in [2.24, 2.45) is 11.3 Å². The van der Waals surface area contributed by atoms with Crippen molar-refractivity contribution in [2.45, 2.75) is 53.9 Å². The molecule has 1 rings (SSSR count). The molecule has 108 valence electrons. The number of hydrogen-bond acceptors (Lipinski definition) is 1. The van der Waals surface area contributed by atoms with Crippen molar-refractivity contribution in [3.8, 4) is 0 Å². The summed E-state index contributed by atoms with van der Waals surface area (Å²) in [5, 5.41) is 3.58. The summed E-state index contributed by atoms with van der Waals surface area (Å²) in [5.74, 6) is 0.734. The van der Waals surface area contributed by atoms with Gasteiger partial charge in [-0.25, -0.2) is 0 Å². The third kappa shape index (κ3) is 6.77. The van der Waals surface area contributed by atoms with E-state index in [0.717, 1.165) is 25.4 Å². The summed E-state index contributed by atoms with van der Waals surface area (Å²) < 4.78 is 0. The lowest BCUT2D eigenvalue weighted by molar-refractivity contribution is 0.308. The fourth-order valence-corrected chi connectivity index (χ4v) is 2.21. The lowest BCUT2D eigenvalue weighted by atomic mass is 9.86. The van der Waals surface area contributed by atoms with Crippen molar-refractivity contribution in [3.05, 3.63) is 35.4 Å². The summed E-state index contributed by atoms with van der Waals surface area (Å²) in [4.78, 5) is 0. The van der Waals surface area contributed by atoms with Gasteiger partial charge < -0.3 is 5.32 Å². The molecule has 0 saturated heterocycles. The zero-order chi connectivity index (χ0) is 14.3. The Kier molecular flexibility index (Phi) is 6.57. The van der Waals surface area contributed by atoms with E-state index in [0.29, 0.717) is 5.41 Å². The molecule has 0 fully saturated rings. The van der Waals surface area contributed by atoms with Gasteiger partial charge in [-0.1, -0.05) is 58.9 Å². The molecule has 0 radical (unpaired) electrons. The second-order valence-electron chi connectivity index (χ2n) is 6.86. The van der Waals surface area contributed by atoms with E-state index in [2.05, 4.69) is 64.2 Å². The lowest BCUT2D eigenvalue weighted by Gasteiger charge is -2.25. The molecule has 0 aliphatic carbocycles. The van der Waals surface area contributed by atoms with Crippen LogP contribution in [-0.2, 0) is 12.8 Å². The van der Waals surface area contributed by atoms with Gasteiger partial charge in [0.1, 0.15) is 0 Å². The first kappa shape index (κ1) is 16.2. The van der Waals surface area contributed by atoms with Crippen LogP contribution in [0.3, 0.4) is 0 Å². The molecule has 0 amide bonds. The van der Waals surface area contributed by atoms with Crippen LogP contribution in [0.5, 0.6) is 0 Å². The van der Waals surface area contributed by atoms with Crippen LogP contribution in [0, 0.1) is 11.3 Å². The molecule has 0 aliphatic rings. The van der Waals surface area contributed by atoms with Crippen molar-refractivity contribution < 1.29 is 0 Å². The molecule has 1 nitrogen and oxygen atoms in total. The quantitative estimate of drug-likeness (QED) is 0.729. The summed E-state index contributed by atoms with van der Waals surface area (Å²) in [6, 6.07) is 9.10. The summed E-state index contributed by atoms with van der Waals surface area (Å²) in [6.07, 6.45) is 3.55. The molecule has 0 saturated carbocycles. The van der Waals surface area contributed by atoms with E-state index < -0.39 is 0 Å². The Morgan fingerprint density at radius 1 is 1.05 bits per heavy atom. The van der Waals surface area contributed by atoms with E-state index in [1.807, 2.05) is 0 Å². The van der Waals surface area contributed by atoms with Crippen molar-refractivity contribution >= 4 is 0 Å². The van der Waals surface area contributed by atoms with Gasteiger partial charge in [0.2, 0.25) is 0 Å². The summed E-state index contributed by atoms with van der Waals surface area (Å²) in [7, 11) is 0. The Balaban J connectivity index is 2.36. The fraction of sp³-hybridized carbons (Fsp3) is 0.667. The maximum Gasteiger partial charge on any atom is 0.000274 e. The van der Waals surface area contributed by atoms with Crippen LogP contribution in [0.4, 0.5) is 0 Å². The molecule has 0 aromatic heterocycles. The lowest BCUT2D eigenvalue weighted by Crippen LogP contribution is -2.32. The zero-order valence-electron chi connectivity index (χ0n) is 13.4. The minimum absolute atomic E-state index is 0.373. The van der Waals surface area contributed by atoms with Crippen LogP contribution < -0.4 is 5.32 Å². The van der Waals surface area contributed by atoms with E-state index in [4.69, 9.17) is 0 Å². The Labute approximate surface area is 119 Å². The molecule has 0 unspecified atom stereocenters. The fourth-order valence-electron chi connectivity index (χ4n) is 2.21. The molecule has 0 bridgehead atoms. The summed E-state index contributed by atoms with van der Waals surface area (Å²) in [5.41, 5.74) is 3.27. The second-order valence-corrected chi connectivity index (χ2v) is 6.86. The molecule has 1 heteroatoms. The predicted molar refractivity (Wildman–Crippen MR) is 85.6 cm³/mol. The normalized spacial score (nSPS) is 12.1. The van der Waals surface area contributed by atoms with Gasteiger partial charge in [0.15, 0.2) is 0 Å². The van der Waals surface area contributed by atoms with E-state index in [-0.39, 0.29) is 0 Å². The highest BCUT2D eigenvalue weighted by Gasteiger charge is 2.17. The van der Waals surface area contributed by atoms with Gasteiger partial charge in [-0.15, -0.1) is 0 Å². The maximum atomic E-state index is 3.58. The van der Waals surface area contributed by atoms with Gasteiger partial charge >= 0.3 is 0 Å². The predicted octanol–water partition coefficient (Wildman–Crippen LogP) is 4.45. The van der Waals surface area contributed by atoms with Crippen LogP contribution in [0.15, 0.2) is 24.3 Å². The van der Waals surface area contributed by atoms with Crippen LogP contribution in [-0.4, -0.2) is 13.1 Å². The summed E-state index contributed by atoms with van der Waals surface area (Å²) >= 11 is 0. The number of aryl methyl sites for hydroxylation is 2. The second kappa shape index (κ2) is 7.69. The van der Waals surface area contributed by atoms with Gasteiger partial charge in [0, 0.05) is 6.54 Å². The van der Waals surface area contributed by atoms with Crippen molar-refractivity contribution in [1.82, 2.24) is 5.32 Å². The molecule has 1 aromatic carbocycles. The molecule has 0 heterocycles. The number of nitrogens with one attached hydrogen (secondary N) is 1. The van der Waals surface area contributed by atoms with Gasteiger partial charge in [-0.2, -0.15) is 0 Å². The largest absolute Gasteiger partial charge is 0.316 e. The van der Waals surface area contributed by atoms with Gasteiger partial charge in [0.05, 0.1) is 0 Å². The highest BCUT2D eigenvalue weighted by atomic mass is 14.9. The topological polar surface area (TPSA) is 12.0 Å². The molecule has 19 heavy (non-hydrogen) atoms. The average molecular weight is 261 g/mol. The SMILES string of the molecule is CCc1ccc(CCC(C)(C)CNCC(C)C)cc1.